The Morgan fingerprint density at radius 1 is 1.44 bits per heavy atom. The first-order valence-corrected chi connectivity index (χ1v) is 5.20. The van der Waals surface area contributed by atoms with E-state index in [2.05, 4.69) is 20.1 Å². The molecule has 3 aromatic heterocycles. The van der Waals surface area contributed by atoms with E-state index >= 15 is 0 Å². The molecule has 0 saturated heterocycles. The quantitative estimate of drug-likeness (QED) is 0.692. The zero-order valence-electron chi connectivity index (χ0n) is 9.38. The maximum absolute atomic E-state index is 13.7. The van der Waals surface area contributed by atoms with Crippen LogP contribution in [0.1, 0.15) is 16.2 Å². The summed E-state index contributed by atoms with van der Waals surface area (Å²) in [5, 5.41) is 4.32. The minimum Gasteiger partial charge on any atom is -0.357 e. The predicted molar refractivity (Wildman–Crippen MR) is 61.1 cm³/mol. The van der Waals surface area contributed by atoms with Crippen LogP contribution >= 0.6 is 0 Å². The molecule has 3 heterocycles. The average molecular weight is 245 g/mol. The van der Waals surface area contributed by atoms with Gasteiger partial charge in [-0.15, -0.1) is 0 Å². The molecule has 7 heteroatoms. The molecule has 0 saturated carbocycles. The summed E-state index contributed by atoms with van der Waals surface area (Å²) in [5.41, 5.74) is 0.671. The summed E-state index contributed by atoms with van der Waals surface area (Å²) in [5.74, 6) is 0.436. The van der Waals surface area contributed by atoms with Crippen molar-refractivity contribution >= 4 is 17.2 Å². The number of H-pyrrole nitrogens is 1. The Morgan fingerprint density at radius 3 is 2.94 bits per heavy atom. The first kappa shape index (κ1) is 10.6. The van der Waals surface area contributed by atoms with Gasteiger partial charge in [0.2, 0.25) is 0 Å². The smallest absolute Gasteiger partial charge is 0.179 e. The number of hydrogen-bond donors (Lipinski definition) is 1. The molecular weight excluding hydrogens is 237 g/mol. The fourth-order valence-electron chi connectivity index (χ4n) is 1.83. The van der Waals surface area contributed by atoms with Crippen molar-refractivity contribution in [3.8, 4) is 5.82 Å². The molecule has 90 valence electrons. The highest BCUT2D eigenvalue weighted by Gasteiger charge is 2.15. The van der Waals surface area contributed by atoms with E-state index in [-0.39, 0.29) is 10.9 Å². The number of carbonyl (C=O) groups is 1. The van der Waals surface area contributed by atoms with Crippen LogP contribution in [0.2, 0.25) is 0 Å². The van der Waals surface area contributed by atoms with Gasteiger partial charge in [-0.3, -0.25) is 4.79 Å². The van der Waals surface area contributed by atoms with Crippen LogP contribution in [0.5, 0.6) is 0 Å². The van der Waals surface area contributed by atoms with Crippen molar-refractivity contribution in [1.29, 1.82) is 0 Å². The van der Waals surface area contributed by atoms with Crippen molar-refractivity contribution in [2.24, 2.45) is 0 Å². The number of hydrogen-bond acceptors (Lipinski definition) is 4. The van der Waals surface area contributed by atoms with Gasteiger partial charge in [-0.05, 0) is 6.92 Å². The van der Waals surface area contributed by atoms with E-state index in [0.717, 1.165) is 6.20 Å². The van der Waals surface area contributed by atoms with Gasteiger partial charge in [-0.1, -0.05) is 0 Å². The molecule has 0 radical (unpaired) electrons. The lowest BCUT2D eigenvalue weighted by Crippen LogP contribution is -2.00. The van der Waals surface area contributed by atoms with Gasteiger partial charge >= 0.3 is 0 Å². The Morgan fingerprint density at radius 2 is 2.28 bits per heavy atom. The van der Waals surface area contributed by atoms with Crippen molar-refractivity contribution in [1.82, 2.24) is 24.7 Å². The van der Waals surface area contributed by atoms with E-state index in [4.69, 9.17) is 0 Å². The second kappa shape index (κ2) is 3.73. The molecule has 3 rings (SSSR count). The zero-order chi connectivity index (χ0) is 12.7. The topological polar surface area (TPSA) is 76.5 Å². The molecule has 0 aliphatic heterocycles. The second-order valence-electron chi connectivity index (χ2n) is 3.78. The summed E-state index contributed by atoms with van der Waals surface area (Å²) in [6, 6.07) is 0. The first-order chi connectivity index (χ1) is 8.70. The van der Waals surface area contributed by atoms with Crippen LogP contribution in [0.3, 0.4) is 0 Å². The Kier molecular flexibility index (Phi) is 2.19. The van der Waals surface area contributed by atoms with Gasteiger partial charge in [0.25, 0.3) is 0 Å². The van der Waals surface area contributed by atoms with Gasteiger partial charge in [0.05, 0.1) is 17.1 Å². The van der Waals surface area contributed by atoms with E-state index in [1.807, 2.05) is 0 Å². The maximum Gasteiger partial charge on any atom is 0.179 e. The SMILES string of the molecule is Cc1ncn(-c2ncc(F)c3c(C=O)c[nH]c23)n1. The maximum atomic E-state index is 13.7. The van der Waals surface area contributed by atoms with Crippen molar-refractivity contribution in [2.75, 3.05) is 0 Å². The molecule has 0 aliphatic rings. The molecule has 0 unspecified atom stereocenters. The molecule has 0 aromatic carbocycles. The summed E-state index contributed by atoms with van der Waals surface area (Å²) in [7, 11) is 0. The highest BCUT2D eigenvalue weighted by molar-refractivity contribution is 5.99. The summed E-state index contributed by atoms with van der Waals surface area (Å²) in [4.78, 5) is 21.6. The van der Waals surface area contributed by atoms with E-state index in [0.29, 0.717) is 23.4 Å². The van der Waals surface area contributed by atoms with Gasteiger partial charge in [0.15, 0.2) is 17.9 Å². The fraction of sp³-hybridized carbons (Fsp3) is 0.0909. The number of halogens is 1. The third-order valence-electron chi connectivity index (χ3n) is 2.62. The monoisotopic (exact) mass is 245 g/mol. The predicted octanol–water partition coefficient (Wildman–Crippen LogP) is 1.40. The lowest BCUT2D eigenvalue weighted by Gasteiger charge is -2.02. The number of aromatic amines is 1. The number of rotatable bonds is 2. The highest BCUT2D eigenvalue weighted by Crippen LogP contribution is 2.24. The molecule has 18 heavy (non-hydrogen) atoms. The van der Waals surface area contributed by atoms with Gasteiger partial charge < -0.3 is 4.98 Å². The summed E-state index contributed by atoms with van der Waals surface area (Å²) >= 11 is 0. The van der Waals surface area contributed by atoms with E-state index in [9.17, 15) is 9.18 Å². The Bertz CT molecular complexity index is 745. The van der Waals surface area contributed by atoms with Crippen LogP contribution in [0.4, 0.5) is 4.39 Å². The second-order valence-corrected chi connectivity index (χ2v) is 3.78. The largest absolute Gasteiger partial charge is 0.357 e. The van der Waals surface area contributed by atoms with Crippen molar-refractivity contribution in [3.05, 3.63) is 35.9 Å². The Labute approximate surface area is 100 Å². The lowest BCUT2D eigenvalue weighted by molar-refractivity contribution is 0.112. The molecule has 0 bridgehead atoms. The number of aromatic nitrogens is 5. The molecule has 0 fully saturated rings. The number of nitrogens with zero attached hydrogens (tertiary/aromatic N) is 4. The third-order valence-corrected chi connectivity index (χ3v) is 2.62. The molecule has 1 N–H and O–H groups in total. The number of nitrogens with one attached hydrogen (secondary N) is 1. The van der Waals surface area contributed by atoms with Crippen molar-refractivity contribution in [3.63, 3.8) is 0 Å². The van der Waals surface area contributed by atoms with Gasteiger partial charge in [0, 0.05) is 11.8 Å². The molecule has 0 amide bonds. The number of aryl methyl sites for hydroxylation is 1. The number of aldehydes is 1. The third kappa shape index (κ3) is 1.41. The van der Waals surface area contributed by atoms with Crippen LogP contribution in [-0.4, -0.2) is 31.0 Å². The standard InChI is InChI=1S/C11H8FN5O/c1-6-15-5-17(16-6)11-10-9(8(12)3-14-11)7(4-18)2-13-10/h2-5,13H,1H3. The molecule has 3 aromatic rings. The number of carbonyl (C=O) groups excluding carboxylic acids is 1. The normalized spacial score (nSPS) is 11.0. The Balaban J connectivity index is 2.35. The van der Waals surface area contributed by atoms with Crippen LogP contribution < -0.4 is 0 Å². The average Bonchev–Trinajstić information content (AvgIpc) is 2.96. The van der Waals surface area contributed by atoms with Crippen LogP contribution in [-0.2, 0) is 0 Å². The molecule has 0 aliphatic carbocycles. The zero-order valence-corrected chi connectivity index (χ0v) is 9.38. The Hall–Kier alpha value is -2.57. The summed E-state index contributed by atoms with van der Waals surface area (Å²) < 4.78 is 15.1. The van der Waals surface area contributed by atoms with Gasteiger partial charge in [-0.25, -0.2) is 19.0 Å². The van der Waals surface area contributed by atoms with E-state index in [1.54, 1.807) is 6.92 Å². The van der Waals surface area contributed by atoms with Crippen LogP contribution in [0.15, 0.2) is 18.7 Å². The molecule has 0 atom stereocenters. The lowest BCUT2D eigenvalue weighted by atomic mass is 10.2. The summed E-state index contributed by atoms with van der Waals surface area (Å²) in [6.45, 7) is 1.74. The fourth-order valence-corrected chi connectivity index (χ4v) is 1.83. The van der Waals surface area contributed by atoms with Crippen LogP contribution in [0, 0.1) is 12.7 Å². The van der Waals surface area contributed by atoms with Gasteiger partial charge in [0.1, 0.15) is 12.2 Å². The minimum absolute atomic E-state index is 0.211. The van der Waals surface area contributed by atoms with E-state index in [1.165, 1.54) is 17.2 Å². The minimum atomic E-state index is -0.547. The van der Waals surface area contributed by atoms with E-state index < -0.39 is 5.82 Å². The number of fused-ring (bicyclic) bond motifs is 1. The summed E-state index contributed by atoms with van der Waals surface area (Å²) in [6.07, 6.45) is 4.58. The number of pyridine rings is 1. The molecule has 0 spiro atoms. The van der Waals surface area contributed by atoms with Gasteiger partial charge in [-0.2, -0.15) is 5.10 Å². The first-order valence-electron chi connectivity index (χ1n) is 5.20. The molecule has 6 nitrogen and oxygen atoms in total. The van der Waals surface area contributed by atoms with Crippen molar-refractivity contribution < 1.29 is 9.18 Å². The van der Waals surface area contributed by atoms with Crippen LogP contribution in [0.25, 0.3) is 16.7 Å². The highest BCUT2D eigenvalue weighted by atomic mass is 19.1. The molecular formula is C11H8FN5O. The van der Waals surface area contributed by atoms with Crippen molar-refractivity contribution in [2.45, 2.75) is 6.92 Å².